The number of aliphatic carboxylic acids is 1. The third kappa shape index (κ3) is 3.18. The topological polar surface area (TPSA) is 69.6 Å². The highest BCUT2D eigenvalue weighted by molar-refractivity contribution is 7.15. The lowest BCUT2D eigenvalue weighted by Crippen LogP contribution is -2.51. The van der Waals surface area contributed by atoms with Crippen molar-refractivity contribution in [3.05, 3.63) is 5.01 Å². The summed E-state index contributed by atoms with van der Waals surface area (Å²) >= 11 is 0.506. The Morgan fingerprint density at radius 3 is 2.35 bits per heavy atom. The van der Waals surface area contributed by atoms with E-state index in [2.05, 4.69) is 10.2 Å². The van der Waals surface area contributed by atoms with Gasteiger partial charge in [0.2, 0.25) is 10.1 Å². The summed E-state index contributed by atoms with van der Waals surface area (Å²) in [5.74, 6) is -0.909. The zero-order valence-corrected chi connectivity index (χ0v) is 11.4. The summed E-state index contributed by atoms with van der Waals surface area (Å²) in [4.78, 5) is 14.3. The first-order valence-corrected chi connectivity index (χ1v) is 6.73. The summed E-state index contributed by atoms with van der Waals surface area (Å²) in [5, 5.41) is 14.9. The maximum atomic E-state index is 12.4. The number of carbonyl (C=O) groups is 1. The lowest BCUT2D eigenvalue weighted by atomic mass is 10.2. The van der Waals surface area contributed by atoms with Gasteiger partial charge in [0, 0.05) is 26.2 Å². The van der Waals surface area contributed by atoms with Gasteiger partial charge in [0.1, 0.15) is 6.04 Å². The fourth-order valence-electron chi connectivity index (χ4n) is 1.91. The molecule has 0 amide bonds. The highest BCUT2D eigenvalue weighted by Gasteiger charge is 2.36. The fourth-order valence-corrected chi connectivity index (χ4v) is 2.68. The molecule has 1 N–H and O–H groups in total. The van der Waals surface area contributed by atoms with Gasteiger partial charge in [-0.05, 0) is 6.92 Å². The van der Waals surface area contributed by atoms with E-state index in [-0.39, 0.29) is 5.13 Å². The lowest BCUT2D eigenvalue weighted by Gasteiger charge is -2.36. The number of carboxylic acid groups (broad SMARTS) is 1. The predicted octanol–water partition coefficient (Wildman–Crippen LogP) is 1.15. The van der Waals surface area contributed by atoms with Crippen molar-refractivity contribution in [2.75, 3.05) is 31.1 Å². The lowest BCUT2D eigenvalue weighted by molar-refractivity contribution is -0.142. The van der Waals surface area contributed by atoms with Crippen LogP contribution in [0.4, 0.5) is 18.3 Å². The van der Waals surface area contributed by atoms with E-state index in [9.17, 15) is 18.0 Å². The normalized spacial score (nSPS) is 19.1. The number of piperazine rings is 1. The number of anilines is 1. The van der Waals surface area contributed by atoms with Crippen molar-refractivity contribution in [3.8, 4) is 0 Å². The number of aromatic nitrogens is 2. The van der Waals surface area contributed by atoms with Gasteiger partial charge < -0.3 is 10.0 Å². The van der Waals surface area contributed by atoms with Crippen molar-refractivity contribution < 1.29 is 23.1 Å². The summed E-state index contributed by atoms with van der Waals surface area (Å²) < 4.78 is 37.3. The van der Waals surface area contributed by atoms with Crippen LogP contribution >= 0.6 is 11.3 Å². The van der Waals surface area contributed by atoms with Crippen LogP contribution in [-0.4, -0.2) is 58.4 Å². The minimum absolute atomic E-state index is 0.222. The molecule has 0 aliphatic carbocycles. The number of rotatable bonds is 3. The van der Waals surface area contributed by atoms with Gasteiger partial charge in [-0.1, -0.05) is 11.3 Å². The van der Waals surface area contributed by atoms with Gasteiger partial charge in [-0.15, -0.1) is 10.2 Å². The molecule has 0 bridgehead atoms. The van der Waals surface area contributed by atoms with Crippen LogP contribution in [0.3, 0.4) is 0 Å². The van der Waals surface area contributed by atoms with E-state index in [1.165, 1.54) is 0 Å². The third-order valence-corrected chi connectivity index (χ3v) is 4.18. The van der Waals surface area contributed by atoms with Crippen molar-refractivity contribution >= 4 is 22.4 Å². The Morgan fingerprint density at radius 2 is 1.90 bits per heavy atom. The zero-order valence-electron chi connectivity index (χ0n) is 10.6. The van der Waals surface area contributed by atoms with Gasteiger partial charge in [0.05, 0.1) is 0 Å². The summed E-state index contributed by atoms with van der Waals surface area (Å²) in [6.45, 7) is 3.39. The SMILES string of the molecule is CC(C(=O)O)N1CCN(c2nnc(C(F)(F)F)s2)CC1. The van der Waals surface area contributed by atoms with E-state index in [0.717, 1.165) is 0 Å². The molecule has 112 valence electrons. The Kier molecular flexibility index (Phi) is 4.14. The molecule has 10 heteroatoms. The van der Waals surface area contributed by atoms with Crippen LogP contribution in [0, 0.1) is 0 Å². The highest BCUT2D eigenvalue weighted by Crippen LogP contribution is 2.34. The Labute approximate surface area is 116 Å². The zero-order chi connectivity index (χ0) is 14.9. The Hall–Kier alpha value is -1.42. The first kappa shape index (κ1) is 15.0. The van der Waals surface area contributed by atoms with Crippen LogP contribution in [0.25, 0.3) is 0 Å². The van der Waals surface area contributed by atoms with Gasteiger partial charge >= 0.3 is 12.1 Å². The molecular weight excluding hydrogens is 297 g/mol. The van der Waals surface area contributed by atoms with Crippen LogP contribution in [0.2, 0.25) is 0 Å². The van der Waals surface area contributed by atoms with Crippen molar-refractivity contribution in [1.82, 2.24) is 15.1 Å². The number of halogens is 3. The largest absolute Gasteiger partial charge is 0.480 e. The van der Waals surface area contributed by atoms with Crippen LogP contribution < -0.4 is 4.90 Å². The highest BCUT2D eigenvalue weighted by atomic mass is 32.1. The number of alkyl halides is 3. The van der Waals surface area contributed by atoms with Crippen LogP contribution in [0.15, 0.2) is 0 Å². The van der Waals surface area contributed by atoms with Gasteiger partial charge in [-0.2, -0.15) is 13.2 Å². The van der Waals surface area contributed by atoms with Crippen molar-refractivity contribution in [2.24, 2.45) is 0 Å². The molecule has 1 atom stereocenters. The quantitative estimate of drug-likeness (QED) is 0.903. The standard InChI is InChI=1S/C10H13F3N4O2S/c1-6(7(18)19)16-2-4-17(5-3-16)9-15-14-8(20-9)10(11,12)13/h6H,2-5H2,1H3,(H,18,19). The van der Waals surface area contributed by atoms with Gasteiger partial charge in [0.25, 0.3) is 0 Å². The van der Waals surface area contributed by atoms with E-state index in [1.807, 2.05) is 0 Å². The third-order valence-electron chi connectivity index (χ3n) is 3.15. The molecule has 2 rings (SSSR count). The van der Waals surface area contributed by atoms with Crippen molar-refractivity contribution in [3.63, 3.8) is 0 Å². The Balaban J connectivity index is 1.97. The van der Waals surface area contributed by atoms with E-state index in [1.54, 1.807) is 16.7 Å². The second kappa shape index (κ2) is 5.52. The molecule has 1 saturated heterocycles. The minimum Gasteiger partial charge on any atom is -0.480 e. The summed E-state index contributed by atoms with van der Waals surface area (Å²) in [6, 6.07) is -0.600. The minimum atomic E-state index is -4.48. The molecular formula is C10H13F3N4O2S. The maximum Gasteiger partial charge on any atom is 0.445 e. The first-order chi connectivity index (χ1) is 9.29. The van der Waals surface area contributed by atoms with Crippen LogP contribution in [0.1, 0.15) is 11.9 Å². The molecule has 0 aromatic carbocycles. The van der Waals surface area contributed by atoms with Gasteiger partial charge in [0.15, 0.2) is 0 Å². The molecule has 1 aromatic rings. The smallest absolute Gasteiger partial charge is 0.445 e. The maximum absolute atomic E-state index is 12.4. The molecule has 0 radical (unpaired) electrons. The number of nitrogens with zero attached hydrogens (tertiary/aromatic N) is 4. The monoisotopic (exact) mass is 310 g/mol. The average molecular weight is 310 g/mol. The van der Waals surface area contributed by atoms with E-state index < -0.39 is 23.2 Å². The molecule has 2 heterocycles. The molecule has 0 spiro atoms. The molecule has 1 aromatic heterocycles. The predicted molar refractivity (Wildman–Crippen MR) is 65.8 cm³/mol. The van der Waals surface area contributed by atoms with Crippen LogP contribution in [-0.2, 0) is 11.0 Å². The molecule has 0 saturated carbocycles. The van der Waals surface area contributed by atoms with Crippen LogP contribution in [0.5, 0.6) is 0 Å². The number of hydrogen-bond donors (Lipinski definition) is 1. The average Bonchev–Trinajstić information content (AvgIpc) is 2.87. The molecule has 1 unspecified atom stereocenters. The van der Waals surface area contributed by atoms with Gasteiger partial charge in [-0.3, -0.25) is 9.69 Å². The number of carboxylic acids is 1. The molecule has 6 nitrogen and oxygen atoms in total. The van der Waals surface area contributed by atoms with E-state index in [0.29, 0.717) is 37.5 Å². The molecule has 1 fully saturated rings. The van der Waals surface area contributed by atoms with E-state index in [4.69, 9.17) is 5.11 Å². The Bertz CT molecular complexity index is 485. The molecule has 1 aliphatic rings. The summed E-state index contributed by atoms with van der Waals surface area (Å²) in [7, 11) is 0. The molecule has 20 heavy (non-hydrogen) atoms. The Morgan fingerprint density at radius 1 is 1.30 bits per heavy atom. The summed E-state index contributed by atoms with van der Waals surface area (Å²) in [6.07, 6.45) is -4.48. The van der Waals surface area contributed by atoms with E-state index >= 15 is 0 Å². The fraction of sp³-hybridized carbons (Fsp3) is 0.700. The second-order valence-electron chi connectivity index (χ2n) is 4.42. The van der Waals surface area contributed by atoms with Crippen molar-refractivity contribution in [2.45, 2.75) is 19.1 Å². The molecule has 1 aliphatic heterocycles. The number of hydrogen-bond acceptors (Lipinski definition) is 6. The first-order valence-electron chi connectivity index (χ1n) is 5.91. The second-order valence-corrected chi connectivity index (χ2v) is 5.38. The summed E-state index contributed by atoms with van der Waals surface area (Å²) in [5.41, 5.74) is 0. The van der Waals surface area contributed by atoms with Crippen molar-refractivity contribution in [1.29, 1.82) is 0 Å². The van der Waals surface area contributed by atoms with Gasteiger partial charge in [-0.25, -0.2) is 0 Å².